The zero-order valence-electron chi connectivity index (χ0n) is 10.8. The molecule has 0 radical (unpaired) electrons. The molecule has 2 aromatic rings. The van der Waals surface area contributed by atoms with E-state index >= 15 is 0 Å². The molecule has 2 rings (SSSR count). The Kier molecular flexibility index (Phi) is 4.00. The normalized spacial score (nSPS) is 13.7. The summed E-state index contributed by atoms with van der Waals surface area (Å²) in [7, 11) is 0. The molecule has 1 atom stereocenters. The average Bonchev–Trinajstić information content (AvgIpc) is 2.94. The molecule has 0 aliphatic rings. The summed E-state index contributed by atoms with van der Waals surface area (Å²) in [6, 6.07) is 12.9. The van der Waals surface area contributed by atoms with Crippen LogP contribution in [0.5, 0.6) is 0 Å². The monoisotopic (exact) mass is 256 g/mol. The number of nitrogens with one attached hydrogen (secondary N) is 1. The quantitative estimate of drug-likeness (QED) is 0.860. The highest BCUT2D eigenvalue weighted by molar-refractivity contribution is 5.31. The Balaban J connectivity index is 1.88. The summed E-state index contributed by atoms with van der Waals surface area (Å²) in [5, 5.41) is 22.1. The fourth-order valence-corrected chi connectivity index (χ4v) is 1.82. The Hall–Kier alpha value is -2.09. The molecule has 0 fully saturated rings. The molecular formula is C15H16N2O2. The minimum atomic E-state index is -1.03. The van der Waals surface area contributed by atoms with Gasteiger partial charge in [0.2, 0.25) is 0 Å². The van der Waals surface area contributed by atoms with Gasteiger partial charge in [-0.1, -0.05) is 12.1 Å². The Morgan fingerprint density at radius 1 is 1.32 bits per heavy atom. The van der Waals surface area contributed by atoms with Crippen LogP contribution in [0.15, 0.2) is 47.1 Å². The zero-order chi connectivity index (χ0) is 13.7. The van der Waals surface area contributed by atoms with Gasteiger partial charge in [0.1, 0.15) is 11.4 Å². The second-order valence-corrected chi connectivity index (χ2v) is 4.66. The van der Waals surface area contributed by atoms with E-state index in [0.29, 0.717) is 24.4 Å². The summed E-state index contributed by atoms with van der Waals surface area (Å²) < 4.78 is 5.21. The highest BCUT2D eigenvalue weighted by Gasteiger charge is 2.25. The molecule has 1 aromatic carbocycles. The number of benzene rings is 1. The molecule has 0 aliphatic carbocycles. The van der Waals surface area contributed by atoms with Gasteiger partial charge in [0.15, 0.2) is 0 Å². The van der Waals surface area contributed by atoms with Crippen LogP contribution in [0.2, 0.25) is 0 Å². The van der Waals surface area contributed by atoms with E-state index in [1.165, 1.54) is 0 Å². The fraction of sp³-hybridized carbons (Fsp3) is 0.267. The molecule has 4 nitrogen and oxygen atoms in total. The molecule has 4 heteroatoms. The van der Waals surface area contributed by atoms with E-state index < -0.39 is 5.60 Å². The van der Waals surface area contributed by atoms with Crippen molar-refractivity contribution in [1.29, 1.82) is 5.26 Å². The Morgan fingerprint density at radius 3 is 2.63 bits per heavy atom. The van der Waals surface area contributed by atoms with Crippen LogP contribution in [0, 0.1) is 11.3 Å². The first kappa shape index (κ1) is 13.3. The highest BCUT2D eigenvalue weighted by atomic mass is 16.4. The van der Waals surface area contributed by atoms with Crippen LogP contribution in [0.4, 0.5) is 0 Å². The third kappa shape index (κ3) is 3.44. The van der Waals surface area contributed by atoms with Crippen molar-refractivity contribution in [2.45, 2.75) is 19.1 Å². The van der Waals surface area contributed by atoms with Gasteiger partial charge in [0, 0.05) is 13.1 Å². The van der Waals surface area contributed by atoms with Gasteiger partial charge in [-0.05, 0) is 36.8 Å². The van der Waals surface area contributed by atoms with E-state index in [2.05, 4.69) is 11.4 Å². The van der Waals surface area contributed by atoms with Gasteiger partial charge in [-0.3, -0.25) is 0 Å². The SMILES string of the molecule is CC(O)(CNCc1ccc(C#N)cc1)c1ccco1. The molecule has 0 amide bonds. The van der Waals surface area contributed by atoms with E-state index in [-0.39, 0.29) is 0 Å². The van der Waals surface area contributed by atoms with Crippen molar-refractivity contribution in [3.05, 3.63) is 59.5 Å². The lowest BCUT2D eigenvalue weighted by Crippen LogP contribution is -2.34. The minimum absolute atomic E-state index is 0.389. The molecule has 0 spiro atoms. The molecule has 0 saturated heterocycles. The zero-order valence-corrected chi connectivity index (χ0v) is 10.8. The smallest absolute Gasteiger partial charge is 0.136 e. The number of nitrogens with zero attached hydrogens (tertiary/aromatic N) is 1. The van der Waals surface area contributed by atoms with Crippen LogP contribution in [0.3, 0.4) is 0 Å². The number of hydrogen-bond donors (Lipinski definition) is 2. The first-order chi connectivity index (χ1) is 9.12. The molecule has 1 heterocycles. The van der Waals surface area contributed by atoms with E-state index in [1.807, 2.05) is 12.1 Å². The molecule has 1 aromatic heterocycles. The molecule has 19 heavy (non-hydrogen) atoms. The highest BCUT2D eigenvalue weighted by Crippen LogP contribution is 2.19. The van der Waals surface area contributed by atoms with E-state index in [4.69, 9.17) is 9.68 Å². The number of furan rings is 1. The lowest BCUT2D eigenvalue weighted by atomic mass is 10.0. The van der Waals surface area contributed by atoms with E-state index in [9.17, 15) is 5.11 Å². The molecule has 98 valence electrons. The maximum atomic E-state index is 10.2. The van der Waals surface area contributed by atoms with Crippen LogP contribution >= 0.6 is 0 Å². The predicted octanol–water partition coefficient (Wildman–Crippen LogP) is 2.15. The Bertz CT molecular complexity index is 551. The minimum Gasteiger partial charge on any atom is -0.466 e. The van der Waals surface area contributed by atoms with Gasteiger partial charge in [-0.15, -0.1) is 0 Å². The standard InChI is InChI=1S/C15H16N2O2/c1-15(18,14-3-2-8-19-14)11-17-10-13-6-4-12(9-16)5-7-13/h2-8,17-18H,10-11H2,1H3. The van der Waals surface area contributed by atoms with Gasteiger partial charge in [0.05, 0.1) is 17.9 Å². The van der Waals surface area contributed by atoms with E-state index in [0.717, 1.165) is 5.56 Å². The number of rotatable bonds is 5. The fourth-order valence-electron chi connectivity index (χ4n) is 1.82. The van der Waals surface area contributed by atoms with Gasteiger partial charge in [-0.25, -0.2) is 0 Å². The second kappa shape index (κ2) is 5.70. The van der Waals surface area contributed by atoms with Crippen LogP contribution in [-0.2, 0) is 12.1 Å². The topological polar surface area (TPSA) is 69.2 Å². The summed E-state index contributed by atoms with van der Waals surface area (Å²) >= 11 is 0. The summed E-state index contributed by atoms with van der Waals surface area (Å²) in [5.41, 5.74) is 0.677. The summed E-state index contributed by atoms with van der Waals surface area (Å²) in [4.78, 5) is 0. The largest absolute Gasteiger partial charge is 0.466 e. The molecular weight excluding hydrogens is 240 g/mol. The average molecular weight is 256 g/mol. The van der Waals surface area contributed by atoms with Crippen molar-refractivity contribution in [2.75, 3.05) is 6.54 Å². The van der Waals surface area contributed by atoms with Crippen molar-refractivity contribution < 1.29 is 9.52 Å². The Morgan fingerprint density at radius 2 is 2.05 bits per heavy atom. The third-order valence-electron chi connectivity index (χ3n) is 2.93. The molecule has 2 N–H and O–H groups in total. The molecule has 1 unspecified atom stereocenters. The van der Waals surface area contributed by atoms with Crippen LogP contribution in [0.25, 0.3) is 0 Å². The first-order valence-corrected chi connectivity index (χ1v) is 6.08. The van der Waals surface area contributed by atoms with Crippen LogP contribution in [-0.4, -0.2) is 11.7 Å². The molecule has 0 saturated carbocycles. The predicted molar refractivity (Wildman–Crippen MR) is 71.1 cm³/mol. The van der Waals surface area contributed by atoms with Gasteiger partial charge in [0.25, 0.3) is 0 Å². The summed E-state index contributed by atoms with van der Waals surface area (Å²) in [6.07, 6.45) is 1.55. The molecule has 0 aliphatic heterocycles. The number of hydrogen-bond acceptors (Lipinski definition) is 4. The summed E-state index contributed by atoms with van der Waals surface area (Å²) in [6.45, 7) is 2.72. The van der Waals surface area contributed by atoms with Crippen molar-refractivity contribution in [3.8, 4) is 6.07 Å². The lowest BCUT2D eigenvalue weighted by Gasteiger charge is -2.21. The number of nitriles is 1. The molecule has 0 bridgehead atoms. The Labute approximate surface area is 112 Å². The van der Waals surface area contributed by atoms with Crippen molar-refractivity contribution in [3.63, 3.8) is 0 Å². The van der Waals surface area contributed by atoms with Gasteiger partial charge >= 0.3 is 0 Å². The number of aliphatic hydroxyl groups is 1. The second-order valence-electron chi connectivity index (χ2n) is 4.66. The van der Waals surface area contributed by atoms with Gasteiger partial charge in [-0.2, -0.15) is 5.26 Å². The lowest BCUT2D eigenvalue weighted by molar-refractivity contribution is 0.0340. The third-order valence-corrected chi connectivity index (χ3v) is 2.93. The van der Waals surface area contributed by atoms with Crippen molar-refractivity contribution >= 4 is 0 Å². The maximum Gasteiger partial charge on any atom is 0.136 e. The van der Waals surface area contributed by atoms with Crippen LogP contribution in [0.1, 0.15) is 23.8 Å². The van der Waals surface area contributed by atoms with Crippen molar-refractivity contribution in [2.24, 2.45) is 0 Å². The summed E-state index contributed by atoms with van der Waals surface area (Å²) in [5.74, 6) is 0.542. The van der Waals surface area contributed by atoms with Crippen LogP contribution < -0.4 is 5.32 Å². The first-order valence-electron chi connectivity index (χ1n) is 6.08. The van der Waals surface area contributed by atoms with Gasteiger partial charge < -0.3 is 14.8 Å². The van der Waals surface area contributed by atoms with E-state index in [1.54, 1.807) is 37.5 Å². The van der Waals surface area contributed by atoms with Crippen molar-refractivity contribution in [1.82, 2.24) is 5.32 Å². The maximum absolute atomic E-state index is 10.2.